The van der Waals surface area contributed by atoms with Crippen LogP contribution in [-0.2, 0) is 20.9 Å². The topological polar surface area (TPSA) is 64.6 Å². The van der Waals surface area contributed by atoms with Gasteiger partial charge in [0.05, 0.1) is 13.0 Å². The normalized spacial score (nSPS) is 11.4. The maximum Gasteiger partial charge on any atom is 0.313 e. The molecule has 0 bridgehead atoms. The number of carbonyl (C=O) groups is 2. The van der Waals surface area contributed by atoms with E-state index in [1.807, 2.05) is 61.5 Å². The Bertz CT molecular complexity index is 683. The maximum absolute atomic E-state index is 12.2. The Hall–Kier alpha value is -2.82. The second-order valence-corrected chi connectivity index (χ2v) is 5.60. The molecule has 0 saturated heterocycles. The molecule has 0 aliphatic carbocycles. The van der Waals surface area contributed by atoms with Crippen molar-refractivity contribution in [3.8, 4) is 5.75 Å². The molecule has 0 aliphatic rings. The summed E-state index contributed by atoms with van der Waals surface area (Å²) in [5.74, 6) is -0.300. The Labute approximate surface area is 148 Å². The van der Waals surface area contributed by atoms with Crippen LogP contribution in [-0.4, -0.2) is 25.6 Å². The molecular weight excluding hydrogens is 318 g/mol. The van der Waals surface area contributed by atoms with Gasteiger partial charge >= 0.3 is 5.97 Å². The number of benzene rings is 2. The molecule has 0 radical (unpaired) electrons. The van der Waals surface area contributed by atoms with E-state index < -0.39 is 0 Å². The SMILES string of the molecule is CC[C@@H](C(=O)OCC(=O)NCc1ccc(OC)cc1)c1ccccc1. The molecule has 25 heavy (non-hydrogen) atoms. The number of rotatable bonds is 8. The largest absolute Gasteiger partial charge is 0.497 e. The third kappa shape index (κ3) is 5.64. The summed E-state index contributed by atoms with van der Waals surface area (Å²) in [5.41, 5.74) is 1.84. The van der Waals surface area contributed by atoms with Gasteiger partial charge in [0.2, 0.25) is 0 Å². The van der Waals surface area contributed by atoms with E-state index in [1.54, 1.807) is 7.11 Å². The fourth-order valence-corrected chi connectivity index (χ4v) is 2.46. The number of esters is 1. The first-order valence-corrected chi connectivity index (χ1v) is 8.25. The van der Waals surface area contributed by atoms with E-state index in [4.69, 9.17) is 9.47 Å². The molecule has 0 aliphatic heterocycles. The van der Waals surface area contributed by atoms with Gasteiger partial charge in [0.1, 0.15) is 5.75 Å². The van der Waals surface area contributed by atoms with Crippen molar-refractivity contribution in [2.75, 3.05) is 13.7 Å². The van der Waals surface area contributed by atoms with Gasteiger partial charge in [0, 0.05) is 6.54 Å². The molecule has 1 N–H and O–H groups in total. The van der Waals surface area contributed by atoms with Crippen molar-refractivity contribution in [2.24, 2.45) is 0 Å². The fourth-order valence-electron chi connectivity index (χ4n) is 2.46. The summed E-state index contributed by atoms with van der Waals surface area (Å²) >= 11 is 0. The van der Waals surface area contributed by atoms with Crippen molar-refractivity contribution in [3.63, 3.8) is 0 Å². The molecule has 2 aromatic carbocycles. The molecule has 0 saturated carbocycles. The van der Waals surface area contributed by atoms with Crippen LogP contribution in [0.4, 0.5) is 0 Å². The fraction of sp³-hybridized carbons (Fsp3) is 0.300. The van der Waals surface area contributed by atoms with Crippen molar-refractivity contribution in [3.05, 3.63) is 65.7 Å². The Morgan fingerprint density at radius 1 is 1.04 bits per heavy atom. The Balaban J connectivity index is 1.79. The predicted molar refractivity (Wildman–Crippen MR) is 95.3 cm³/mol. The maximum atomic E-state index is 12.2. The van der Waals surface area contributed by atoms with Gasteiger partial charge in [-0.25, -0.2) is 0 Å². The molecule has 0 fully saturated rings. The van der Waals surface area contributed by atoms with Crippen molar-refractivity contribution in [1.29, 1.82) is 0 Å². The number of methoxy groups -OCH3 is 1. The average molecular weight is 341 g/mol. The Morgan fingerprint density at radius 3 is 2.32 bits per heavy atom. The van der Waals surface area contributed by atoms with Crippen LogP contribution >= 0.6 is 0 Å². The number of ether oxygens (including phenoxy) is 2. The zero-order chi connectivity index (χ0) is 18.1. The third-order valence-electron chi connectivity index (χ3n) is 3.89. The van der Waals surface area contributed by atoms with Crippen LogP contribution in [0, 0.1) is 0 Å². The van der Waals surface area contributed by atoms with Gasteiger partial charge in [-0.1, -0.05) is 49.4 Å². The summed E-state index contributed by atoms with van der Waals surface area (Å²) in [6.45, 7) is 2.01. The summed E-state index contributed by atoms with van der Waals surface area (Å²) in [6.07, 6.45) is 0.621. The lowest BCUT2D eigenvalue weighted by Gasteiger charge is -2.14. The molecule has 1 amide bonds. The molecule has 0 spiro atoms. The minimum Gasteiger partial charge on any atom is -0.497 e. The lowest BCUT2D eigenvalue weighted by molar-refractivity contribution is -0.150. The number of carbonyl (C=O) groups excluding carboxylic acids is 2. The van der Waals surface area contributed by atoms with E-state index >= 15 is 0 Å². The van der Waals surface area contributed by atoms with Crippen LogP contribution in [0.15, 0.2) is 54.6 Å². The number of hydrogen-bond donors (Lipinski definition) is 1. The van der Waals surface area contributed by atoms with Crippen molar-refractivity contribution in [2.45, 2.75) is 25.8 Å². The van der Waals surface area contributed by atoms with Gasteiger partial charge in [-0.3, -0.25) is 9.59 Å². The quantitative estimate of drug-likeness (QED) is 0.750. The molecule has 0 heterocycles. The predicted octanol–water partition coefficient (Wildman–Crippen LogP) is 3.05. The Kier molecular flexibility index (Phi) is 7.01. The lowest BCUT2D eigenvalue weighted by atomic mass is 9.97. The van der Waals surface area contributed by atoms with E-state index in [1.165, 1.54) is 0 Å². The lowest BCUT2D eigenvalue weighted by Crippen LogP contribution is -2.29. The second-order valence-electron chi connectivity index (χ2n) is 5.60. The first-order valence-electron chi connectivity index (χ1n) is 8.25. The van der Waals surface area contributed by atoms with E-state index in [2.05, 4.69) is 5.32 Å². The third-order valence-corrected chi connectivity index (χ3v) is 3.89. The van der Waals surface area contributed by atoms with Gasteiger partial charge in [0.25, 0.3) is 5.91 Å². The second kappa shape index (κ2) is 9.47. The highest BCUT2D eigenvalue weighted by Crippen LogP contribution is 2.20. The molecule has 2 aromatic rings. The standard InChI is InChI=1S/C20H23NO4/c1-3-18(16-7-5-4-6-8-16)20(23)25-14-19(22)21-13-15-9-11-17(24-2)12-10-15/h4-12,18H,3,13-14H2,1-2H3,(H,21,22)/t18-/m1/s1. The van der Waals surface area contributed by atoms with Crippen LogP contribution < -0.4 is 10.1 Å². The highest BCUT2D eigenvalue weighted by atomic mass is 16.5. The minimum atomic E-state index is -0.381. The monoisotopic (exact) mass is 341 g/mol. The summed E-state index contributed by atoms with van der Waals surface area (Å²) < 4.78 is 10.2. The number of hydrogen-bond acceptors (Lipinski definition) is 4. The molecular formula is C20H23NO4. The van der Waals surface area contributed by atoms with Gasteiger partial charge in [-0.2, -0.15) is 0 Å². The van der Waals surface area contributed by atoms with Crippen LogP contribution in [0.2, 0.25) is 0 Å². The van der Waals surface area contributed by atoms with Gasteiger partial charge in [-0.15, -0.1) is 0 Å². The highest BCUT2D eigenvalue weighted by molar-refractivity contribution is 5.83. The van der Waals surface area contributed by atoms with Crippen LogP contribution in [0.1, 0.15) is 30.4 Å². The molecule has 1 atom stereocenters. The van der Waals surface area contributed by atoms with Crippen molar-refractivity contribution >= 4 is 11.9 Å². The average Bonchev–Trinajstić information content (AvgIpc) is 2.66. The summed E-state index contributed by atoms with van der Waals surface area (Å²) in [6, 6.07) is 16.8. The summed E-state index contributed by atoms with van der Waals surface area (Å²) in [4.78, 5) is 24.1. The first-order chi connectivity index (χ1) is 12.1. The van der Waals surface area contributed by atoms with Crippen LogP contribution in [0.5, 0.6) is 5.75 Å². The Morgan fingerprint density at radius 2 is 1.72 bits per heavy atom. The molecule has 5 nitrogen and oxygen atoms in total. The van der Waals surface area contributed by atoms with Crippen LogP contribution in [0.3, 0.4) is 0 Å². The summed E-state index contributed by atoms with van der Waals surface area (Å²) in [7, 11) is 1.60. The number of nitrogens with one attached hydrogen (secondary N) is 1. The molecule has 5 heteroatoms. The zero-order valence-electron chi connectivity index (χ0n) is 14.5. The highest BCUT2D eigenvalue weighted by Gasteiger charge is 2.20. The van der Waals surface area contributed by atoms with Gasteiger partial charge < -0.3 is 14.8 Å². The molecule has 132 valence electrons. The number of amides is 1. The smallest absolute Gasteiger partial charge is 0.313 e. The minimum absolute atomic E-state index is 0.279. The van der Waals surface area contributed by atoms with Gasteiger partial charge in [0.15, 0.2) is 6.61 Å². The van der Waals surface area contributed by atoms with E-state index in [-0.39, 0.29) is 24.4 Å². The van der Waals surface area contributed by atoms with Crippen LogP contribution in [0.25, 0.3) is 0 Å². The van der Waals surface area contributed by atoms with Crippen molar-refractivity contribution in [1.82, 2.24) is 5.32 Å². The molecule has 2 rings (SSSR count). The van der Waals surface area contributed by atoms with E-state index in [9.17, 15) is 9.59 Å². The molecule has 0 unspecified atom stereocenters. The van der Waals surface area contributed by atoms with E-state index in [0.29, 0.717) is 13.0 Å². The first kappa shape index (κ1) is 18.5. The van der Waals surface area contributed by atoms with Gasteiger partial charge in [-0.05, 0) is 29.7 Å². The van der Waals surface area contributed by atoms with Crippen molar-refractivity contribution < 1.29 is 19.1 Å². The zero-order valence-corrected chi connectivity index (χ0v) is 14.5. The molecule has 0 aromatic heterocycles. The van der Waals surface area contributed by atoms with E-state index in [0.717, 1.165) is 16.9 Å². The summed E-state index contributed by atoms with van der Waals surface area (Å²) in [5, 5.41) is 2.73.